The average molecular weight is 316 g/mol. The summed E-state index contributed by atoms with van der Waals surface area (Å²) < 4.78 is 5.35. The van der Waals surface area contributed by atoms with Crippen LogP contribution in [-0.4, -0.2) is 53.1 Å². The molecule has 6 nitrogen and oxygen atoms in total. The monoisotopic (exact) mass is 316 g/mol. The van der Waals surface area contributed by atoms with Crippen LogP contribution in [-0.2, 0) is 4.74 Å². The molecule has 2 heterocycles. The van der Waals surface area contributed by atoms with Crippen molar-refractivity contribution in [3.8, 4) is 5.75 Å². The minimum Gasteiger partial charge on any atom is -0.506 e. The van der Waals surface area contributed by atoms with Gasteiger partial charge in [0.15, 0.2) is 5.78 Å². The summed E-state index contributed by atoms with van der Waals surface area (Å²) >= 11 is 0. The van der Waals surface area contributed by atoms with Crippen molar-refractivity contribution < 1.29 is 14.6 Å². The van der Waals surface area contributed by atoms with Crippen LogP contribution in [0.3, 0.4) is 0 Å². The molecule has 122 valence electrons. The fraction of sp³-hybridized carbons (Fsp3) is 0.412. The maximum atomic E-state index is 13.0. The molecule has 6 heteroatoms. The zero-order chi connectivity index (χ0) is 16.4. The summed E-state index contributed by atoms with van der Waals surface area (Å²) in [6.45, 7) is 4.72. The van der Waals surface area contributed by atoms with Gasteiger partial charge < -0.3 is 14.8 Å². The van der Waals surface area contributed by atoms with E-state index in [1.165, 1.54) is 12.1 Å². The van der Waals surface area contributed by atoms with Crippen molar-refractivity contribution in [3.05, 3.63) is 40.2 Å². The zero-order valence-electron chi connectivity index (χ0n) is 13.0. The van der Waals surface area contributed by atoms with E-state index in [4.69, 9.17) is 4.74 Å². The smallest absolute Gasteiger partial charge is 0.248 e. The van der Waals surface area contributed by atoms with Gasteiger partial charge in [-0.05, 0) is 24.6 Å². The summed E-state index contributed by atoms with van der Waals surface area (Å²) in [6.07, 6.45) is 0.699. The Morgan fingerprint density at radius 1 is 1.30 bits per heavy atom. The number of phenolic OH excluding ortho intramolecular Hbond substituents is 1. The number of pyridine rings is 1. The van der Waals surface area contributed by atoms with Crippen LogP contribution in [0.5, 0.6) is 5.75 Å². The Bertz CT molecular complexity index is 778. The van der Waals surface area contributed by atoms with Crippen molar-refractivity contribution in [3.63, 3.8) is 0 Å². The summed E-state index contributed by atoms with van der Waals surface area (Å²) in [5.74, 6) is -0.0277. The maximum Gasteiger partial charge on any atom is 0.248 e. The van der Waals surface area contributed by atoms with Crippen molar-refractivity contribution in [2.45, 2.75) is 19.4 Å². The molecule has 1 aromatic heterocycles. The first-order valence-electron chi connectivity index (χ1n) is 7.83. The van der Waals surface area contributed by atoms with Crippen molar-refractivity contribution in [1.82, 2.24) is 9.88 Å². The molecule has 0 radical (unpaired) electrons. The minimum absolute atomic E-state index is 0.00597. The van der Waals surface area contributed by atoms with Gasteiger partial charge in [-0.2, -0.15) is 0 Å². The highest BCUT2D eigenvalue weighted by molar-refractivity contribution is 6.10. The number of benzene rings is 1. The Morgan fingerprint density at radius 2 is 2.04 bits per heavy atom. The van der Waals surface area contributed by atoms with Gasteiger partial charge in [0.05, 0.1) is 24.8 Å². The number of fused-ring (bicyclic) bond motifs is 1. The second-order valence-corrected chi connectivity index (χ2v) is 5.68. The number of nitrogens with zero attached hydrogens (tertiary/aromatic N) is 1. The number of hydrogen-bond donors (Lipinski definition) is 2. The molecule has 0 bridgehead atoms. The third-order valence-electron chi connectivity index (χ3n) is 4.31. The highest BCUT2D eigenvalue weighted by atomic mass is 16.5. The van der Waals surface area contributed by atoms with E-state index < -0.39 is 0 Å². The molecule has 0 amide bonds. The molecule has 1 unspecified atom stereocenters. The summed E-state index contributed by atoms with van der Waals surface area (Å²) in [4.78, 5) is 29.2. The third kappa shape index (κ3) is 3.00. The van der Waals surface area contributed by atoms with E-state index in [0.29, 0.717) is 36.1 Å². The zero-order valence-corrected chi connectivity index (χ0v) is 13.0. The average Bonchev–Trinajstić information content (AvgIpc) is 2.57. The molecule has 0 saturated carbocycles. The second kappa shape index (κ2) is 6.52. The fourth-order valence-corrected chi connectivity index (χ4v) is 3.13. The number of aromatic hydroxyl groups is 1. The van der Waals surface area contributed by atoms with Crippen LogP contribution in [0, 0.1) is 0 Å². The molecule has 1 saturated heterocycles. The van der Waals surface area contributed by atoms with Gasteiger partial charge in [-0.15, -0.1) is 0 Å². The highest BCUT2D eigenvalue weighted by Crippen LogP contribution is 2.27. The van der Waals surface area contributed by atoms with E-state index in [0.717, 1.165) is 13.1 Å². The van der Waals surface area contributed by atoms with Crippen LogP contribution in [0.15, 0.2) is 29.1 Å². The number of rotatable bonds is 4. The van der Waals surface area contributed by atoms with Crippen LogP contribution >= 0.6 is 0 Å². The molecule has 0 aliphatic carbocycles. The number of H-pyrrole nitrogens is 1. The number of hydrogen-bond acceptors (Lipinski definition) is 5. The van der Waals surface area contributed by atoms with Gasteiger partial charge in [0.25, 0.3) is 0 Å². The van der Waals surface area contributed by atoms with E-state index in [2.05, 4.69) is 9.88 Å². The molecular weight excluding hydrogens is 296 g/mol. The van der Waals surface area contributed by atoms with Gasteiger partial charge in [0.2, 0.25) is 5.56 Å². The first-order chi connectivity index (χ1) is 11.1. The Kier molecular flexibility index (Phi) is 4.45. The normalized spacial score (nSPS) is 17.3. The third-order valence-corrected chi connectivity index (χ3v) is 4.31. The molecule has 1 aromatic carbocycles. The molecule has 2 N–H and O–H groups in total. The molecule has 1 atom stereocenters. The fourth-order valence-electron chi connectivity index (χ4n) is 3.13. The number of nitrogens with one attached hydrogen (secondary N) is 1. The van der Waals surface area contributed by atoms with Crippen molar-refractivity contribution >= 4 is 16.7 Å². The highest BCUT2D eigenvalue weighted by Gasteiger charge is 2.28. The Morgan fingerprint density at radius 3 is 2.74 bits per heavy atom. The van der Waals surface area contributed by atoms with E-state index in [-0.39, 0.29) is 23.1 Å². The Balaban J connectivity index is 2.02. The summed E-state index contributed by atoms with van der Waals surface area (Å²) in [5.41, 5.74) is 0.519. The van der Waals surface area contributed by atoms with Crippen molar-refractivity contribution in [1.29, 1.82) is 0 Å². The summed E-state index contributed by atoms with van der Waals surface area (Å²) in [6, 6.07) is 5.82. The van der Waals surface area contributed by atoms with Crippen LogP contribution in [0.25, 0.3) is 10.9 Å². The number of carbonyl (C=O) groups is 1. The van der Waals surface area contributed by atoms with E-state index in [9.17, 15) is 14.7 Å². The van der Waals surface area contributed by atoms with E-state index in [1.54, 1.807) is 12.1 Å². The lowest BCUT2D eigenvalue weighted by atomic mass is 9.96. The summed E-state index contributed by atoms with van der Waals surface area (Å²) in [7, 11) is 0. The van der Waals surface area contributed by atoms with Gasteiger partial charge in [-0.1, -0.05) is 6.92 Å². The number of phenols is 1. The molecule has 1 fully saturated rings. The topological polar surface area (TPSA) is 82.6 Å². The molecular formula is C17H20N2O4. The lowest BCUT2D eigenvalue weighted by Crippen LogP contribution is -2.47. The second-order valence-electron chi connectivity index (χ2n) is 5.68. The van der Waals surface area contributed by atoms with E-state index in [1.807, 2.05) is 6.92 Å². The standard InChI is InChI=1S/C17H20N2O4/c1-2-13(19-7-9-23-10-8-19)17(22)12-3-5-14(20)16-11(12)4-6-15(21)18-16/h3-6,13,20H,2,7-10H2,1H3,(H,18,21). The first-order valence-corrected chi connectivity index (χ1v) is 7.83. The van der Waals surface area contributed by atoms with Crippen LogP contribution in [0.2, 0.25) is 0 Å². The maximum absolute atomic E-state index is 13.0. The number of ether oxygens (including phenoxy) is 1. The van der Waals surface area contributed by atoms with Crippen molar-refractivity contribution in [2.75, 3.05) is 26.3 Å². The number of carbonyl (C=O) groups excluding carboxylic acids is 1. The number of ketones is 1. The Hall–Kier alpha value is -2.18. The predicted molar refractivity (Wildman–Crippen MR) is 87.0 cm³/mol. The van der Waals surface area contributed by atoms with Gasteiger partial charge in [0.1, 0.15) is 5.75 Å². The Labute approximate surface area is 133 Å². The molecule has 23 heavy (non-hydrogen) atoms. The summed E-state index contributed by atoms with van der Waals surface area (Å²) in [5, 5.41) is 10.5. The number of Topliss-reactive ketones (excluding diaryl/α,β-unsaturated/α-hetero) is 1. The lowest BCUT2D eigenvalue weighted by molar-refractivity contribution is 0.0170. The lowest BCUT2D eigenvalue weighted by Gasteiger charge is -2.33. The molecule has 1 aliphatic rings. The van der Waals surface area contributed by atoms with Crippen LogP contribution in [0.1, 0.15) is 23.7 Å². The largest absolute Gasteiger partial charge is 0.506 e. The van der Waals surface area contributed by atoms with E-state index >= 15 is 0 Å². The predicted octanol–water partition coefficient (Wildman–Crippen LogP) is 1.53. The van der Waals surface area contributed by atoms with Crippen LogP contribution < -0.4 is 5.56 Å². The number of aromatic nitrogens is 1. The molecule has 3 rings (SSSR count). The van der Waals surface area contributed by atoms with Gasteiger partial charge >= 0.3 is 0 Å². The van der Waals surface area contributed by atoms with Gasteiger partial charge in [-0.25, -0.2) is 0 Å². The van der Waals surface area contributed by atoms with Gasteiger partial charge in [0, 0.05) is 30.1 Å². The number of aromatic amines is 1. The van der Waals surface area contributed by atoms with Crippen LogP contribution in [0.4, 0.5) is 0 Å². The minimum atomic E-state index is -0.308. The number of morpholine rings is 1. The molecule has 0 spiro atoms. The SMILES string of the molecule is CCC(C(=O)c1ccc(O)c2[nH]c(=O)ccc12)N1CCOCC1. The molecule has 2 aromatic rings. The molecule has 1 aliphatic heterocycles. The first kappa shape index (κ1) is 15.7. The van der Waals surface area contributed by atoms with Gasteiger partial charge in [-0.3, -0.25) is 14.5 Å². The quantitative estimate of drug-likeness (QED) is 0.836. The van der Waals surface area contributed by atoms with Crippen molar-refractivity contribution in [2.24, 2.45) is 0 Å².